The molecule has 0 aliphatic carbocycles. The highest BCUT2D eigenvalue weighted by Gasteiger charge is 2.10. The van der Waals surface area contributed by atoms with Crippen molar-refractivity contribution in [3.05, 3.63) is 46.2 Å². The van der Waals surface area contributed by atoms with E-state index >= 15 is 0 Å². The molecule has 0 radical (unpaired) electrons. The van der Waals surface area contributed by atoms with E-state index in [0.29, 0.717) is 0 Å². The van der Waals surface area contributed by atoms with E-state index < -0.39 is 0 Å². The van der Waals surface area contributed by atoms with Gasteiger partial charge < -0.3 is 10.3 Å². The molecule has 1 heterocycles. The number of nitrogens with two attached hydrogens (primary N) is 1. The van der Waals surface area contributed by atoms with E-state index in [1.165, 1.54) is 5.56 Å². The Hall–Kier alpha value is -1.41. The fraction of sp³-hybridized carbons (Fsp3) is 0.231. The molecule has 2 N–H and O–H groups in total. The van der Waals surface area contributed by atoms with Crippen molar-refractivity contribution >= 4 is 17.3 Å². The zero-order chi connectivity index (χ0) is 11.9. The summed E-state index contributed by atoms with van der Waals surface area (Å²) in [6.07, 6.45) is 0. The van der Waals surface area contributed by atoms with Crippen LogP contribution in [0.2, 0.25) is 5.02 Å². The number of nitrogen functional groups attached to an aromatic ring is 1. The van der Waals surface area contributed by atoms with Gasteiger partial charge in [0, 0.05) is 17.1 Å². The van der Waals surface area contributed by atoms with Crippen LogP contribution >= 0.6 is 11.6 Å². The Morgan fingerprint density at radius 3 is 2.38 bits per heavy atom. The van der Waals surface area contributed by atoms with Crippen molar-refractivity contribution in [2.24, 2.45) is 0 Å². The normalized spacial score (nSPS) is 10.8. The average molecular weight is 235 g/mol. The van der Waals surface area contributed by atoms with Crippen molar-refractivity contribution in [3.8, 4) is 5.69 Å². The van der Waals surface area contributed by atoms with Crippen LogP contribution in [0.5, 0.6) is 0 Å². The highest BCUT2D eigenvalue weighted by atomic mass is 35.5. The van der Waals surface area contributed by atoms with Crippen LogP contribution in [0, 0.1) is 20.8 Å². The van der Waals surface area contributed by atoms with Crippen molar-refractivity contribution in [1.82, 2.24) is 4.57 Å². The lowest BCUT2D eigenvalue weighted by Gasteiger charge is -2.13. The van der Waals surface area contributed by atoms with E-state index in [1.807, 2.05) is 38.1 Å². The third-order valence-corrected chi connectivity index (χ3v) is 3.23. The monoisotopic (exact) mass is 234 g/mol. The predicted octanol–water partition coefficient (Wildman–Crippen LogP) is 3.64. The summed E-state index contributed by atoms with van der Waals surface area (Å²) in [4.78, 5) is 0. The van der Waals surface area contributed by atoms with E-state index in [4.69, 9.17) is 17.3 Å². The number of anilines is 1. The Balaban J connectivity index is 2.71. The summed E-state index contributed by atoms with van der Waals surface area (Å²) in [5, 5.41) is 0.791. The Morgan fingerprint density at radius 2 is 1.81 bits per heavy atom. The molecule has 0 spiro atoms. The smallest absolute Gasteiger partial charge is 0.0618 e. The van der Waals surface area contributed by atoms with Gasteiger partial charge in [0.1, 0.15) is 0 Å². The molecule has 1 aromatic carbocycles. The van der Waals surface area contributed by atoms with Gasteiger partial charge in [0.05, 0.1) is 10.7 Å². The van der Waals surface area contributed by atoms with Crippen LogP contribution in [0.1, 0.15) is 17.0 Å². The van der Waals surface area contributed by atoms with E-state index in [1.54, 1.807) is 0 Å². The lowest BCUT2D eigenvalue weighted by molar-refractivity contribution is 0.956. The Bertz CT molecular complexity index is 541. The molecule has 3 heteroatoms. The number of rotatable bonds is 1. The minimum atomic E-state index is 0.768. The number of nitrogens with zero attached hydrogens (tertiary/aromatic N) is 1. The van der Waals surface area contributed by atoms with Crippen molar-refractivity contribution < 1.29 is 0 Å². The molecule has 0 saturated heterocycles. The molecule has 2 nitrogen and oxygen atoms in total. The molecule has 0 aliphatic heterocycles. The first-order chi connectivity index (χ1) is 7.50. The van der Waals surface area contributed by atoms with Crippen molar-refractivity contribution in [1.29, 1.82) is 0 Å². The third kappa shape index (κ3) is 1.69. The standard InChI is InChI=1S/C13H15ClN2/c1-8-4-5-11(15)7-13(8)16-9(2)6-12(14)10(16)3/h4-7H,15H2,1-3H3. The van der Waals surface area contributed by atoms with Crippen LogP contribution in [0.3, 0.4) is 0 Å². The second kappa shape index (κ2) is 3.87. The zero-order valence-corrected chi connectivity index (χ0v) is 10.5. The summed E-state index contributed by atoms with van der Waals surface area (Å²) >= 11 is 6.12. The maximum absolute atomic E-state index is 6.12. The number of aryl methyl sites for hydroxylation is 2. The van der Waals surface area contributed by atoms with Gasteiger partial charge in [-0.3, -0.25) is 0 Å². The van der Waals surface area contributed by atoms with Gasteiger partial charge in [-0.15, -0.1) is 0 Å². The van der Waals surface area contributed by atoms with Gasteiger partial charge in [-0.2, -0.15) is 0 Å². The van der Waals surface area contributed by atoms with Gasteiger partial charge in [-0.1, -0.05) is 17.7 Å². The highest BCUT2D eigenvalue weighted by Crippen LogP contribution is 2.27. The maximum Gasteiger partial charge on any atom is 0.0618 e. The molecule has 0 aliphatic rings. The fourth-order valence-corrected chi connectivity index (χ4v) is 2.20. The largest absolute Gasteiger partial charge is 0.399 e. The molecular weight excluding hydrogens is 220 g/mol. The molecule has 0 saturated carbocycles. The molecule has 16 heavy (non-hydrogen) atoms. The van der Waals surface area contributed by atoms with Crippen molar-refractivity contribution in [2.45, 2.75) is 20.8 Å². The van der Waals surface area contributed by atoms with E-state index in [0.717, 1.165) is 27.8 Å². The summed E-state index contributed by atoms with van der Waals surface area (Å²) in [6.45, 7) is 6.13. The van der Waals surface area contributed by atoms with Gasteiger partial charge >= 0.3 is 0 Å². The van der Waals surface area contributed by atoms with Crippen LogP contribution in [-0.4, -0.2) is 4.57 Å². The van der Waals surface area contributed by atoms with Crippen LogP contribution in [0.4, 0.5) is 5.69 Å². The molecule has 0 bridgehead atoms. The van der Waals surface area contributed by atoms with Gasteiger partial charge in [0.25, 0.3) is 0 Å². The maximum atomic E-state index is 6.12. The highest BCUT2D eigenvalue weighted by molar-refractivity contribution is 6.31. The summed E-state index contributed by atoms with van der Waals surface area (Å²) in [7, 11) is 0. The van der Waals surface area contributed by atoms with Gasteiger partial charge in [-0.05, 0) is 44.5 Å². The van der Waals surface area contributed by atoms with Crippen LogP contribution < -0.4 is 5.73 Å². The molecule has 1 aromatic heterocycles. The topological polar surface area (TPSA) is 30.9 Å². The molecule has 0 unspecified atom stereocenters. The third-order valence-electron chi connectivity index (χ3n) is 2.84. The lowest BCUT2D eigenvalue weighted by atomic mass is 10.1. The number of aromatic nitrogens is 1. The molecule has 2 rings (SSSR count). The van der Waals surface area contributed by atoms with E-state index in [2.05, 4.69) is 11.5 Å². The number of hydrogen-bond acceptors (Lipinski definition) is 1. The van der Waals surface area contributed by atoms with Crippen LogP contribution in [-0.2, 0) is 0 Å². The molecule has 0 fully saturated rings. The first-order valence-corrected chi connectivity index (χ1v) is 5.59. The number of halogens is 1. The summed E-state index contributed by atoms with van der Waals surface area (Å²) < 4.78 is 2.13. The second-order valence-corrected chi connectivity index (χ2v) is 4.51. The first kappa shape index (κ1) is 11.1. The SMILES string of the molecule is Cc1ccc(N)cc1-n1c(C)cc(Cl)c1C. The molecular formula is C13H15ClN2. The minimum absolute atomic E-state index is 0.768. The van der Waals surface area contributed by atoms with Gasteiger partial charge in [-0.25, -0.2) is 0 Å². The van der Waals surface area contributed by atoms with E-state index in [9.17, 15) is 0 Å². The predicted molar refractivity (Wildman–Crippen MR) is 69.4 cm³/mol. The summed E-state index contributed by atoms with van der Waals surface area (Å²) in [5.41, 5.74) is 11.1. The average Bonchev–Trinajstić information content (AvgIpc) is 2.46. The summed E-state index contributed by atoms with van der Waals surface area (Å²) in [6, 6.07) is 7.89. The lowest BCUT2D eigenvalue weighted by Crippen LogP contribution is -2.02. The first-order valence-electron chi connectivity index (χ1n) is 5.21. The Morgan fingerprint density at radius 1 is 1.12 bits per heavy atom. The van der Waals surface area contributed by atoms with Gasteiger partial charge in [0.2, 0.25) is 0 Å². The Labute approximate surface area is 101 Å². The second-order valence-electron chi connectivity index (χ2n) is 4.10. The summed E-state index contributed by atoms with van der Waals surface area (Å²) in [5.74, 6) is 0. The van der Waals surface area contributed by atoms with Crippen molar-refractivity contribution in [2.75, 3.05) is 5.73 Å². The molecule has 84 valence electrons. The van der Waals surface area contributed by atoms with Gasteiger partial charge in [0.15, 0.2) is 0 Å². The minimum Gasteiger partial charge on any atom is -0.399 e. The quantitative estimate of drug-likeness (QED) is 0.751. The molecule has 2 aromatic rings. The molecule has 0 amide bonds. The number of hydrogen-bond donors (Lipinski definition) is 1. The number of benzene rings is 1. The van der Waals surface area contributed by atoms with Crippen molar-refractivity contribution in [3.63, 3.8) is 0 Å². The van der Waals surface area contributed by atoms with Crippen LogP contribution in [0.25, 0.3) is 5.69 Å². The fourth-order valence-electron chi connectivity index (χ4n) is 1.96. The Kier molecular flexibility index (Phi) is 2.68. The van der Waals surface area contributed by atoms with Crippen LogP contribution in [0.15, 0.2) is 24.3 Å². The molecule has 0 atom stereocenters. The van der Waals surface area contributed by atoms with E-state index in [-0.39, 0.29) is 0 Å². The zero-order valence-electron chi connectivity index (χ0n) is 9.71.